The zero-order chi connectivity index (χ0) is 13.9. The van der Waals surface area contributed by atoms with Crippen molar-refractivity contribution < 1.29 is 4.43 Å². The van der Waals surface area contributed by atoms with Crippen molar-refractivity contribution in [1.82, 2.24) is 0 Å². The normalized spacial score (nSPS) is 17.8. The molecule has 0 saturated carbocycles. The van der Waals surface area contributed by atoms with Crippen molar-refractivity contribution in [3.05, 3.63) is 24.3 Å². The summed E-state index contributed by atoms with van der Waals surface area (Å²) in [5.74, 6) is 0.433. The van der Waals surface area contributed by atoms with Crippen molar-refractivity contribution in [1.29, 1.82) is 0 Å². The van der Waals surface area contributed by atoms with Crippen LogP contribution in [0.4, 0.5) is 0 Å². The largest absolute Gasteiger partial charge is 0.414 e. The maximum Gasteiger partial charge on any atom is 0.192 e. The molecule has 0 spiro atoms. The standard InChI is InChI=1S/C15H30OSi/c1-10-12(2)11-13(3)14(4)16-17(8,9)15(5,6)7/h10-11,13-14H,1H2,2-9H3/b12-11+/t13-,14?/m1/s1. The Hall–Kier alpha value is -0.343. The molecule has 0 aromatic heterocycles. The van der Waals surface area contributed by atoms with E-state index in [1.54, 1.807) is 0 Å². The van der Waals surface area contributed by atoms with E-state index in [1.807, 2.05) is 6.08 Å². The SMILES string of the molecule is C=C/C(C)=C/[C@@H](C)C(C)O[Si](C)(C)C(C)(C)C. The Morgan fingerprint density at radius 2 is 1.71 bits per heavy atom. The highest BCUT2D eigenvalue weighted by Crippen LogP contribution is 2.38. The molecular formula is C15H30OSi. The molecule has 2 atom stereocenters. The average Bonchev–Trinajstić information content (AvgIpc) is 2.14. The number of hydrogen-bond donors (Lipinski definition) is 0. The molecule has 0 rings (SSSR count). The summed E-state index contributed by atoms with van der Waals surface area (Å²) in [4.78, 5) is 0. The summed E-state index contributed by atoms with van der Waals surface area (Å²) < 4.78 is 6.37. The lowest BCUT2D eigenvalue weighted by Gasteiger charge is -2.39. The quantitative estimate of drug-likeness (QED) is 0.486. The summed E-state index contributed by atoms with van der Waals surface area (Å²) >= 11 is 0. The first-order valence-corrected chi connectivity index (χ1v) is 9.41. The van der Waals surface area contributed by atoms with Gasteiger partial charge >= 0.3 is 0 Å². The van der Waals surface area contributed by atoms with Crippen molar-refractivity contribution in [3.8, 4) is 0 Å². The molecule has 2 heteroatoms. The molecule has 0 aliphatic heterocycles. The molecule has 0 fully saturated rings. The van der Waals surface area contributed by atoms with E-state index in [0.717, 1.165) is 0 Å². The van der Waals surface area contributed by atoms with Crippen LogP contribution in [-0.2, 0) is 4.43 Å². The van der Waals surface area contributed by atoms with Gasteiger partial charge in [-0.15, -0.1) is 0 Å². The number of allylic oxidation sites excluding steroid dienone is 2. The van der Waals surface area contributed by atoms with E-state index in [2.05, 4.69) is 67.3 Å². The van der Waals surface area contributed by atoms with Crippen LogP contribution in [0.1, 0.15) is 41.5 Å². The van der Waals surface area contributed by atoms with Gasteiger partial charge in [0.15, 0.2) is 8.32 Å². The second-order valence-corrected chi connectivity index (χ2v) is 11.3. The molecule has 0 radical (unpaired) electrons. The van der Waals surface area contributed by atoms with Gasteiger partial charge in [-0.1, -0.05) is 52.0 Å². The predicted octanol–water partition coefficient (Wildman–Crippen LogP) is 5.17. The van der Waals surface area contributed by atoms with Crippen molar-refractivity contribution in [2.45, 2.75) is 65.8 Å². The molecule has 0 amide bonds. The molecule has 0 aliphatic rings. The Kier molecular flexibility index (Phi) is 5.89. The Morgan fingerprint density at radius 3 is 2.06 bits per heavy atom. The monoisotopic (exact) mass is 254 g/mol. The Balaban J connectivity index is 4.65. The number of hydrogen-bond acceptors (Lipinski definition) is 1. The van der Waals surface area contributed by atoms with Crippen molar-refractivity contribution >= 4 is 8.32 Å². The van der Waals surface area contributed by atoms with E-state index in [1.165, 1.54) is 5.57 Å². The van der Waals surface area contributed by atoms with E-state index < -0.39 is 8.32 Å². The highest BCUT2D eigenvalue weighted by molar-refractivity contribution is 6.74. The molecule has 100 valence electrons. The van der Waals surface area contributed by atoms with Crippen LogP contribution < -0.4 is 0 Å². The van der Waals surface area contributed by atoms with E-state index in [9.17, 15) is 0 Å². The molecule has 0 aliphatic carbocycles. The fourth-order valence-corrected chi connectivity index (χ4v) is 2.86. The molecule has 1 nitrogen and oxygen atoms in total. The maximum absolute atomic E-state index is 6.37. The highest BCUT2D eigenvalue weighted by atomic mass is 28.4. The van der Waals surface area contributed by atoms with Crippen LogP contribution in [0.3, 0.4) is 0 Å². The molecule has 0 heterocycles. The molecule has 0 aromatic carbocycles. The predicted molar refractivity (Wildman–Crippen MR) is 80.9 cm³/mol. The van der Waals surface area contributed by atoms with Gasteiger partial charge in [0.2, 0.25) is 0 Å². The minimum Gasteiger partial charge on any atom is -0.414 e. The van der Waals surface area contributed by atoms with Crippen LogP contribution in [0.15, 0.2) is 24.3 Å². The van der Waals surface area contributed by atoms with E-state index in [4.69, 9.17) is 4.43 Å². The molecule has 0 saturated heterocycles. The van der Waals surface area contributed by atoms with Crippen molar-refractivity contribution in [2.24, 2.45) is 5.92 Å². The van der Waals surface area contributed by atoms with Gasteiger partial charge in [-0.25, -0.2) is 0 Å². The summed E-state index contributed by atoms with van der Waals surface area (Å²) in [7, 11) is -1.65. The van der Waals surface area contributed by atoms with Gasteiger partial charge in [0.1, 0.15) is 0 Å². The summed E-state index contributed by atoms with van der Waals surface area (Å²) in [5, 5.41) is 0.276. The molecule has 0 N–H and O–H groups in total. The lowest BCUT2D eigenvalue weighted by molar-refractivity contribution is 0.163. The minimum atomic E-state index is -1.65. The van der Waals surface area contributed by atoms with Gasteiger partial charge < -0.3 is 4.43 Å². The smallest absolute Gasteiger partial charge is 0.192 e. The summed E-state index contributed by atoms with van der Waals surface area (Å²) in [6, 6.07) is 0. The highest BCUT2D eigenvalue weighted by Gasteiger charge is 2.38. The number of rotatable bonds is 5. The van der Waals surface area contributed by atoms with Gasteiger partial charge in [-0.2, -0.15) is 0 Å². The maximum atomic E-state index is 6.37. The van der Waals surface area contributed by atoms with E-state index in [-0.39, 0.29) is 11.1 Å². The fourth-order valence-electron chi connectivity index (χ4n) is 1.37. The Bertz CT molecular complexity index is 284. The molecule has 17 heavy (non-hydrogen) atoms. The van der Waals surface area contributed by atoms with E-state index >= 15 is 0 Å². The van der Waals surface area contributed by atoms with Crippen molar-refractivity contribution in [2.75, 3.05) is 0 Å². The second kappa shape index (κ2) is 6.01. The third-order valence-electron chi connectivity index (χ3n) is 3.87. The summed E-state index contributed by atoms with van der Waals surface area (Å²) in [6.45, 7) is 21.7. The molecule has 1 unspecified atom stereocenters. The summed E-state index contributed by atoms with van der Waals surface area (Å²) in [6.07, 6.45) is 4.41. The van der Waals surface area contributed by atoms with Crippen LogP contribution in [0, 0.1) is 5.92 Å². The van der Waals surface area contributed by atoms with Crippen LogP contribution in [0.25, 0.3) is 0 Å². The minimum absolute atomic E-state index is 0.269. The second-order valence-electron chi connectivity index (χ2n) is 6.56. The topological polar surface area (TPSA) is 9.23 Å². The van der Waals surface area contributed by atoms with Crippen LogP contribution in [0.2, 0.25) is 18.1 Å². The first kappa shape index (κ1) is 16.7. The van der Waals surface area contributed by atoms with Gasteiger partial charge in [0.05, 0.1) is 0 Å². The lowest BCUT2D eigenvalue weighted by Crippen LogP contribution is -2.44. The average molecular weight is 254 g/mol. The summed E-state index contributed by atoms with van der Waals surface area (Å²) in [5.41, 5.74) is 1.23. The van der Waals surface area contributed by atoms with Gasteiger partial charge in [-0.05, 0) is 37.9 Å². The Labute approximate surface area is 109 Å². The van der Waals surface area contributed by atoms with Crippen molar-refractivity contribution in [3.63, 3.8) is 0 Å². The van der Waals surface area contributed by atoms with Gasteiger partial charge in [-0.3, -0.25) is 0 Å². The zero-order valence-electron chi connectivity index (χ0n) is 12.9. The molecular weight excluding hydrogens is 224 g/mol. The van der Waals surface area contributed by atoms with Gasteiger partial charge in [0.25, 0.3) is 0 Å². The zero-order valence-corrected chi connectivity index (χ0v) is 13.9. The van der Waals surface area contributed by atoms with Gasteiger partial charge in [0, 0.05) is 6.10 Å². The van der Waals surface area contributed by atoms with Crippen LogP contribution in [0.5, 0.6) is 0 Å². The molecule has 0 aromatic rings. The van der Waals surface area contributed by atoms with Crippen LogP contribution in [-0.4, -0.2) is 14.4 Å². The van der Waals surface area contributed by atoms with E-state index in [0.29, 0.717) is 5.92 Å². The Morgan fingerprint density at radius 1 is 1.24 bits per heavy atom. The third kappa shape index (κ3) is 5.22. The lowest BCUT2D eigenvalue weighted by atomic mass is 10.0. The molecule has 0 bridgehead atoms. The third-order valence-corrected chi connectivity index (χ3v) is 8.45. The van der Waals surface area contributed by atoms with Crippen LogP contribution >= 0.6 is 0 Å². The first-order valence-electron chi connectivity index (χ1n) is 6.50. The fraction of sp³-hybridized carbons (Fsp3) is 0.733. The first-order chi connectivity index (χ1) is 7.51.